The van der Waals surface area contributed by atoms with Gasteiger partial charge >= 0.3 is 5.97 Å². The van der Waals surface area contributed by atoms with Gasteiger partial charge in [0, 0.05) is 26.2 Å². The number of guanidine groups is 1. The summed E-state index contributed by atoms with van der Waals surface area (Å²) in [5.41, 5.74) is 11.1. The predicted octanol–water partition coefficient (Wildman–Crippen LogP) is -3.00. The highest BCUT2D eigenvalue weighted by atomic mass is 16.4. The highest BCUT2D eigenvalue weighted by molar-refractivity contribution is 5.97. The van der Waals surface area contributed by atoms with E-state index in [4.69, 9.17) is 16.9 Å². The second kappa shape index (κ2) is 15.8. The van der Waals surface area contributed by atoms with Gasteiger partial charge in [-0.05, 0) is 65.2 Å². The van der Waals surface area contributed by atoms with Crippen LogP contribution < -0.4 is 27.4 Å². The van der Waals surface area contributed by atoms with Gasteiger partial charge in [-0.15, -0.1) is 0 Å². The molecule has 5 amide bonds. The van der Waals surface area contributed by atoms with Gasteiger partial charge in [0.05, 0.1) is 12.1 Å². The van der Waals surface area contributed by atoms with Crippen LogP contribution in [0.1, 0.15) is 65.2 Å². The molecule has 3 aliphatic rings. The Balaban J connectivity index is 1.60. The average molecular weight is 638 g/mol. The number of nitrogens with two attached hydrogens (primary N) is 2. The third-order valence-electron chi connectivity index (χ3n) is 8.60. The van der Waals surface area contributed by atoms with Gasteiger partial charge in [0.2, 0.25) is 29.5 Å². The summed E-state index contributed by atoms with van der Waals surface area (Å²) in [6, 6.07) is -6.05. The number of carbonyl (C=O) groups is 6. The quantitative estimate of drug-likeness (QED) is 0.0573. The number of carbonyl (C=O) groups excluding carboxylic acids is 5. The molecule has 3 rings (SSSR count). The number of aliphatic hydroxyl groups excluding tert-OH is 1. The van der Waals surface area contributed by atoms with E-state index in [9.17, 15) is 39.0 Å². The number of hydrogen-bond acceptors (Lipinski definition) is 9. The van der Waals surface area contributed by atoms with Crippen molar-refractivity contribution in [1.82, 2.24) is 30.7 Å². The molecular weight excluding hydrogens is 590 g/mol. The molecule has 0 unspecified atom stereocenters. The first kappa shape index (κ1) is 35.5. The highest BCUT2D eigenvalue weighted by Crippen LogP contribution is 2.28. The van der Waals surface area contributed by atoms with Crippen LogP contribution in [0.2, 0.25) is 0 Å². The normalized spacial score (nSPS) is 24.0. The van der Waals surface area contributed by atoms with Crippen molar-refractivity contribution in [2.24, 2.45) is 11.5 Å². The molecule has 0 saturated carbocycles. The Morgan fingerprint density at radius 3 is 1.89 bits per heavy atom. The Hall–Kier alpha value is -3.99. The lowest BCUT2D eigenvalue weighted by Gasteiger charge is -2.34. The van der Waals surface area contributed by atoms with Crippen molar-refractivity contribution >= 4 is 41.5 Å². The summed E-state index contributed by atoms with van der Waals surface area (Å²) in [4.78, 5) is 82.0. The summed E-state index contributed by atoms with van der Waals surface area (Å²) in [6.45, 7) is 3.97. The number of hydrogen-bond donors (Lipinski definition) is 8. The average Bonchev–Trinajstić information content (AvgIpc) is 3.77. The van der Waals surface area contributed by atoms with Crippen molar-refractivity contribution in [2.75, 3.05) is 26.2 Å². The van der Waals surface area contributed by atoms with Gasteiger partial charge < -0.3 is 52.3 Å². The van der Waals surface area contributed by atoms with Crippen molar-refractivity contribution in [3.8, 4) is 0 Å². The van der Waals surface area contributed by atoms with E-state index in [0.29, 0.717) is 64.6 Å². The fourth-order valence-corrected chi connectivity index (χ4v) is 6.20. The van der Waals surface area contributed by atoms with Crippen LogP contribution in [-0.4, -0.2) is 135 Å². The monoisotopic (exact) mass is 637 g/mol. The number of aliphatic carboxylic acids is 1. The van der Waals surface area contributed by atoms with E-state index in [1.807, 2.05) is 0 Å². The standard InChI is InChI=1S/C28H47N9O8/c1-15(33-23(40)21(16(2)38)34-22(39)17(29)7-3-11-32-28(30)31)24(41)35-12-4-8-18(35)25(42)36-13-5-9-19(36)26(43)37-14-6-10-20(37)27(44)45/h15-21,38H,3-14,29H2,1-2H3,(H,33,40)(H,34,39)(H,44,45)(H4,30,31,32)/t15-,16+,17-,18-,19-,20-,21-/m0/s1. The zero-order valence-corrected chi connectivity index (χ0v) is 25.9. The number of amides is 5. The van der Waals surface area contributed by atoms with Crippen LogP contribution in [0.4, 0.5) is 0 Å². The molecule has 3 saturated heterocycles. The zero-order chi connectivity index (χ0) is 33.4. The minimum absolute atomic E-state index is 0.212. The van der Waals surface area contributed by atoms with Crippen molar-refractivity contribution in [3.63, 3.8) is 0 Å². The lowest BCUT2D eigenvalue weighted by atomic mass is 10.1. The molecule has 0 aromatic rings. The SMILES string of the molecule is C[C@H](NC(=O)[C@@H](NC(=O)[C@@H](N)CCCNC(=N)N)[C@@H](C)O)C(=O)N1CCC[C@H]1C(=O)N1CCC[C@H]1C(=O)N1CCC[C@H]1C(=O)O. The highest BCUT2D eigenvalue weighted by Gasteiger charge is 2.46. The third-order valence-corrected chi connectivity index (χ3v) is 8.60. The van der Waals surface area contributed by atoms with Crippen LogP contribution in [0.5, 0.6) is 0 Å². The molecule has 3 aliphatic heterocycles. The Morgan fingerprint density at radius 2 is 1.36 bits per heavy atom. The van der Waals surface area contributed by atoms with Gasteiger partial charge in [0.15, 0.2) is 5.96 Å². The summed E-state index contributed by atoms with van der Waals surface area (Å²) in [6.07, 6.45) is 2.16. The van der Waals surface area contributed by atoms with E-state index in [1.165, 1.54) is 28.5 Å². The Labute approximate surface area is 261 Å². The van der Waals surface area contributed by atoms with E-state index >= 15 is 0 Å². The topological polar surface area (TPSA) is 265 Å². The molecule has 0 radical (unpaired) electrons. The largest absolute Gasteiger partial charge is 0.480 e. The second-order valence-corrected chi connectivity index (χ2v) is 12.0. The van der Waals surface area contributed by atoms with E-state index < -0.39 is 66.0 Å². The molecule has 0 aromatic heterocycles. The molecule has 10 N–H and O–H groups in total. The van der Waals surface area contributed by atoms with Gasteiger partial charge in [-0.2, -0.15) is 0 Å². The summed E-state index contributed by atoms with van der Waals surface area (Å²) in [5, 5.41) is 34.4. The molecule has 0 aliphatic carbocycles. The van der Waals surface area contributed by atoms with E-state index in [-0.39, 0.29) is 30.7 Å². The number of carboxylic acids is 1. The summed E-state index contributed by atoms with van der Waals surface area (Å²) in [7, 11) is 0. The molecule has 45 heavy (non-hydrogen) atoms. The van der Waals surface area contributed by atoms with Crippen molar-refractivity contribution in [3.05, 3.63) is 0 Å². The first-order chi connectivity index (χ1) is 21.2. The molecule has 7 atom stereocenters. The molecule has 3 heterocycles. The van der Waals surface area contributed by atoms with Crippen LogP contribution in [-0.2, 0) is 28.8 Å². The lowest BCUT2D eigenvalue weighted by Crippen LogP contribution is -2.60. The maximum atomic E-state index is 13.7. The van der Waals surface area contributed by atoms with E-state index in [2.05, 4.69) is 16.0 Å². The van der Waals surface area contributed by atoms with Crippen LogP contribution >= 0.6 is 0 Å². The number of rotatable bonds is 13. The number of nitrogens with zero attached hydrogens (tertiary/aromatic N) is 3. The fraction of sp³-hybridized carbons (Fsp3) is 0.750. The molecule has 0 bridgehead atoms. The molecule has 3 fully saturated rings. The zero-order valence-electron chi connectivity index (χ0n) is 25.9. The van der Waals surface area contributed by atoms with Crippen LogP contribution in [0.25, 0.3) is 0 Å². The fourth-order valence-electron chi connectivity index (χ4n) is 6.20. The van der Waals surface area contributed by atoms with Gasteiger partial charge in [0.25, 0.3) is 0 Å². The maximum absolute atomic E-state index is 13.7. The Bertz CT molecular complexity index is 1150. The minimum Gasteiger partial charge on any atom is -0.480 e. The first-order valence-corrected chi connectivity index (χ1v) is 15.5. The number of nitrogens with one attached hydrogen (secondary N) is 4. The van der Waals surface area contributed by atoms with Crippen molar-refractivity contribution in [1.29, 1.82) is 5.41 Å². The smallest absolute Gasteiger partial charge is 0.326 e. The lowest BCUT2D eigenvalue weighted by molar-refractivity contribution is -0.153. The number of likely N-dealkylation sites (tertiary alicyclic amines) is 3. The molecule has 17 nitrogen and oxygen atoms in total. The van der Waals surface area contributed by atoms with Gasteiger partial charge in [0.1, 0.15) is 30.2 Å². The maximum Gasteiger partial charge on any atom is 0.326 e. The van der Waals surface area contributed by atoms with E-state index in [1.54, 1.807) is 0 Å². The van der Waals surface area contributed by atoms with Crippen LogP contribution in [0, 0.1) is 5.41 Å². The van der Waals surface area contributed by atoms with Gasteiger partial charge in [-0.25, -0.2) is 4.79 Å². The molecular formula is C28H47N9O8. The van der Waals surface area contributed by atoms with Crippen LogP contribution in [0.15, 0.2) is 0 Å². The molecule has 17 heteroatoms. The Kier molecular flexibility index (Phi) is 12.5. The molecule has 252 valence electrons. The van der Waals surface area contributed by atoms with Crippen LogP contribution in [0.3, 0.4) is 0 Å². The van der Waals surface area contributed by atoms with E-state index in [0.717, 1.165) is 0 Å². The predicted molar refractivity (Wildman–Crippen MR) is 160 cm³/mol. The summed E-state index contributed by atoms with van der Waals surface area (Å²) in [5.74, 6) is -4.08. The molecule has 0 aromatic carbocycles. The minimum atomic E-state index is -1.40. The van der Waals surface area contributed by atoms with Crippen molar-refractivity contribution in [2.45, 2.75) is 108 Å². The second-order valence-electron chi connectivity index (χ2n) is 12.0. The van der Waals surface area contributed by atoms with Crippen molar-refractivity contribution < 1.29 is 39.0 Å². The number of carboxylic acid groups (broad SMARTS) is 1. The Morgan fingerprint density at radius 1 is 0.844 bits per heavy atom. The number of aliphatic hydroxyl groups is 1. The molecule has 0 spiro atoms. The van der Waals surface area contributed by atoms with Gasteiger partial charge in [-0.1, -0.05) is 0 Å². The third kappa shape index (κ3) is 8.81. The summed E-state index contributed by atoms with van der Waals surface area (Å²) >= 11 is 0. The van der Waals surface area contributed by atoms with Gasteiger partial charge in [-0.3, -0.25) is 29.4 Å². The summed E-state index contributed by atoms with van der Waals surface area (Å²) < 4.78 is 0. The first-order valence-electron chi connectivity index (χ1n) is 15.5.